The first-order valence-electron chi connectivity index (χ1n) is 9.90. The predicted molar refractivity (Wildman–Crippen MR) is 115 cm³/mol. The van der Waals surface area contributed by atoms with Gasteiger partial charge in [-0.3, -0.25) is 0 Å². The van der Waals surface area contributed by atoms with Crippen molar-refractivity contribution < 1.29 is 4.74 Å². The van der Waals surface area contributed by atoms with Gasteiger partial charge in [-0.15, -0.1) is 5.10 Å². The van der Waals surface area contributed by atoms with Crippen molar-refractivity contribution >= 4 is 23.4 Å². The van der Waals surface area contributed by atoms with Crippen LogP contribution in [0.25, 0.3) is 11.7 Å². The lowest BCUT2D eigenvalue weighted by atomic mass is 10.0. The second kappa shape index (κ2) is 8.08. The average molecular weight is 393 g/mol. The summed E-state index contributed by atoms with van der Waals surface area (Å²) in [5, 5.41) is 7.41. The van der Waals surface area contributed by atoms with Crippen LogP contribution < -0.4 is 20.7 Å². The molecule has 1 aliphatic heterocycles. The highest BCUT2D eigenvalue weighted by Crippen LogP contribution is 2.39. The van der Waals surface area contributed by atoms with Crippen molar-refractivity contribution in [3.05, 3.63) is 47.8 Å². The molecular formula is C21H27N7O. The van der Waals surface area contributed by atoms with E-state index in [0.29, 0.717) is 24.0 Å². The Morgan fingerprint density at radius 2 is 2.31 bits per heavy atom. The van der Waals surface area contributed by atoms with Gasteiger partial charge >= 0.3 is 0 Å². The molecule has 0 spiro atoms. The van der Waals surface area contributed by atoms with E-state index < -0.39 is 0 Å². The molecule has 3 aromatic heterocycles. The third kappa shape index (κ3) is 3.63. The molecule has 0 radical (unpaired) electrons. The largest absolute Gasteiger partial charge is 0.476 e. The van der Waals surface area contributed by atoms with Gasteiger partial charge in [0.25, 0.3) is 0 Å². The number of ether oxygens (including phenoxy) is 1. The van der Waals surface area contributed by atoms with Gasteiger partial charge in [0.2, 0.25) is 5.88 Å². The number of nitrogens with zero attached hydrogens (tertiary/aromatic N) is 5. The minimum atomic E-state index is 0.161. The summed E-state index contributed by atoms with van der Waals surface area (Å²) in [7, 11) is 1.91. The Kier molecular flexibility index (Phi) is 5.35. The van der Waals surface area contributed by atoms with Gasteiger partial charge in [-0.25, -0.2) is 14.5 Å². The number of nitrogens with two attached hydrogens (primary N) is 1. The molecule has 0 amide bonds. The van der Waals surface area contributed by atoms with Gasteiger partial charge in [0.15, 0.2) is 11.5 Å². The second-order valence-electron chi connectivity index (χ2n) is 7.27. The minimum absolute atomic E-state index is 0.161. The molecule has 0 aromatic carbocycles. The van der Waals surface area contributed by atoms with Crippen molar-refractivity contribution in [2.45, 2.75) is 25.8 Å². The lowest BCUT2D eigenvalue weighted by molar-refractivity contribution is 0.301. The third-order valence-electron chi connectivity index (χ3n) is 5.25. The van der Waals surface area contributed by atoms with E-state index in [1.165, 1.54) is 0 Å². The fourth-order valence-electron chi connectivity index (χ4n) is 3.86. The first-order valence-corrected chi connectivity index (χ1v) is 9.90. The highest BCUT2D eigenvalue weighted by Gasteiger charge is 2.30. The van der Waals surface area contributed by atoms with Crippen LogP contribution in [0, 0.1) is 6.92 Å². The number of aryl methyl sites for hydroxylation is 1. The van der Waals surface area contributed by atoms with Crippen molar-refractivity contribution in [2.24, 2.45) is 0 Å². The Labute approximate surface area is 170 Å². The summed E-state index contributed by atoms with van der Waals surface area (Å²) in [6, 6.07) is 4.32. The molecule has 3 N–H and O–H groups in total. The molecule has 8 nitrogen and oxygen atoms in total. The molecule has 1 unspecified atom stereocenters. The minimum Gasteiger partial charge on any atom is -0.476 e. The summed E-state index contributed by atoms with van der Waals surface area (Å²) in [5.74, 6) is 2.03. The van der Waals surface area contributed by atoms with Crippen LogP contribution in [-0.4, -0.2) is 46.3 Å². The first-order chi connectivity index (χ1) is 14.1. The summed E-state index contributed by atoms with van der Waals surface area (Å²) in [5.41, 5.74) is 9.70. The Balaban J connectivity index is 1.70. The first kappa shape index (κ1) is 19.2. The van der Waals surface area contributed by atoms with E-state index in [2.05, 4.69) is 39.9 Å². The third-order valence-corrected chi connectivity index (χ3v) is 5.25. The number of pyridine rings is 1. The molecule has 8 heteroatoms. The van der Waals surface area contributed by atoms with E-state index in [1.54, 1.807) is 10.6 Å². The molecule has 1 saturated heterocycles. The fourth-order valence-corrected chi connectivity index (χ4v) is 3.86. The van der Waals surface area contributed by atoms with Gasteiger partial charge in [-0.2, -0.15) is 0 Å². The lowest BCUT2D eigenvalue weighted by Gasteiger charge is -2.27. The molecular weight excluding hydrogens is 366 g/mol. The molecule has 1 aliphatic rings. The van der Waals surface area contributed by atoms with Crippen LogP contribution in [0.1, 0.15) is 35.6 Å². The van der Waals surface area contributed by atoms with Gasteiger partial charge in [0, 0.05) is 31.0 Å². The number of rotatable bonds is 7. The summed E-state index contributed by atoms with van der Waals surface area (Å²) >= 11 is 0. The topological polar surface area (TPSA) is 93.6 Å². The lowest BCUT2D eigenvalue weighted by Crippen LogP contribution is -2.25. The molecule has 1 fully saturated rings. The summed E-state index contributed by atoms with van der Waals surface area (Å²) in [6.07, 6.45) is 7.56. The number of anilines is 2. The van der Waals surface area contributed by atoms with E-state index in [9.17, 15) is 0 Å². The molecule has 29 heavy (non-hydrogen) atoms. The number of hydrogen-bond donors (Lipinski definition) is 2. The van der Waals surface area contributed by atoms with Crippen LogP contribution in [0.2, 0.25) is 0 Å². The van der Waals surface area contributed by atoms with Crippen molar-refractivity contribution in [3.63, 3.8) is 0 Å². The molecule has 0 aliphatic carbocycles. The van der Waals surface area contributed by atoms with Gasteiger partial charge < -0.3 is 20.7 Å². The maximum absolute atomic E-state index is 5.99. The predicted octanol–water partition coefficient (Wildman–Crippen LogP) is 2.60. The monoisotopic (exact) mass is 393 g/mol. The maximum atomic E-state index is 5.99. The number of likely N-dealkylation sites (N-methyl/N-ethyl adjacent to an activating group) is 1. The number of aromatic nitrogens is 4. The van der Waals surface area contributed by atoms with Crippen LogP contribution in [0.4, 0.5) is 11.6 Å². The zero-order valence-electron chi connectivity index (χ0n) is 16.9. The highest BCUT2D eigenvalue weighted by atomic mass is 16.5. The van der Waals surface area contributed by atoms with Crippen molar-refractivity contribution in [3.8, 4) is 5.88 Å². The van der Waals surface area contributed by atoms with Gasteiger partial charge in [0.1, 0.15) is 12.4 Å². The fraction of sp³-hybridized carbons (Fsp3) is 0.381. The number of fused-ring (bicyclic) bond motifs is 1. The van der Waals surface area contributed by atoms with Crippen LogP contribution in [0.5, 0.6) is 5.88 Å². The van der Waals surface area contributed by atoms with E-state index in [1.807, 2.05) is 25.5 Å². The molecule has 152 valence electrons. The van der Waals surface area contributed by atoms with Gasteiger partial charge in [-0.1, -0.05) is 12.7 Å². The quantitative estimate of drug-likeness (QED) is 0.596. The van der Waals surface area contributed by atoms with E-state index in [0.717, 1.165) is 48.4 Å². The Bertz CT molecular complexity index is 1030. The molecule has 0 bridgehead atoms. The molecule has 4 heterocycles. The van der Waals surface area contributed by atoms with Crippen molar-refractivity contribution in [1.29, 1.82) is 0 Å². The Morgan fingerprint density at radius 3 is 3.10 bits per heavy atom. The Morgan fingerprint density at radius 1 is 1.45 bits per heavy atom. The van der Waals surface area contributed by atoms with Crippen LogP contribution in [0.3, 0.4) is 0 Å². The standard InChI is InChI=1S/C21H27N7O/c1-4-15-19(22)26-28-10-7-18(25-20(15)28)27-9-5-6-17(27)16-12-14(2)13-24-21(16)29-11-8-23-3/h4,7,10,12-13,17,23H,1,5-6,8-9,11H2,2-3H3,(H2,22,26). The second-order valence-corrected chi connectivity index (χ2v) is 7.27. The van der Waals surface area contributed by atoms with Gasteiger partial charge in [-0.05, 0) is 44.5 Å². The summed E-state index contributed by atoms with van der Waals surface area (Å²) < 4.78 is 7.67. The van der Waals surface area contributed by atoms with Crippen LogP contribution >= 0.6 is 0 Å². The zero-order valence-corrected chi connectivity index (χ0v) is 16.9. The molecule has 4 rings (SSSR count). The molecule has 0 saturated carbocycles. The van der Waals surface area contributed by atoms with Crippen LogP contribution in [-0.2, 0) is 0 Å². The summed E-state index contributed by atoms with van der Waals surface area (Å²) in [6.45, 7) is 8.17. The SMILES string of the molecule is C=Cc1c(N)nn2ccc(N3CCCC3c3cc(C)cnc3OCCNC)nc12. The highest BCUT2D eigenvalue weighted by molar-refractivity contribution is 5.74. The van der Waals surface area contributed by atoms with Crippen LogP contribution in [0.15, 0.2) is 31.1 Å². The summed E-state index contributed by atoms with van der Waals surface area (Å²) in [4.78, 5) is 11.7. The molecule has 3 aromatic rings. The normalized spacial score (nSPS) is 16.5. The van der Waals surface area contributed by atoms with E-state index in [4.69, 9.17) is 15.5 Å². The van der Waals surface area contributed by atoms with E-state index in [-0.39, 0.29) is 6.04 Å². The van der Waals surface area contributed by atoms with Gasteiger partial charge in [0.05, 0.1) is 11.6 Å². The number of nitrogen functional groups attached to an aromatic ring is 1. The number of hydrogen-bond acceptors (Lipinski definition) is 7. The zero-order chi connectivity index (χ0) is 20.4. The Hall–Kier alpha value is -3.13. The average Bonchev–Trinajstić information content (AvgIpc) is 3.32. The number of nitrogens with one attached hydrogen (secondary N) is 1. The smallest absolute Gasteiger partial charge is 0.218 e. The van der Waals surface area contributed by atoms with E-state index >= 15 is 0 Å². The maximum Gasteiger partial charge on any atom is 0.218 e. The van der Waals surface area contributed by atoms with Crippen molar-refractivity contribution in [1.82, 2.24) is 24.9 Å². The molecule has 1 atom stereocenters. The van der Waals surface area contributed by atoms with Crippen molar-refractivity contribution in [2.75, 3.05) is 37.4 Å².